The molecule has 28 heavy (non-hydrogen) atoms. The van der Waals surface area contributed by atoms with Crippen molar-refractivity contribution in [3.05, 3.63) is 77.1 Å². The highest BCUT2D eigenvalue weighted by atomic mass is 32.2. The second-order valence-corrected chi connectivity index (χ2v) is 8.07. The normalized spacial score (nSPS) is 10.7. The van der Waals surface area contributed by atoms with Crippen LogP contribution in [0.3, 0.4) is 0 Å². The number of aromatic nitrogens is 1. The highest BCUT2D eigenvalue weighted by molar-refractivity contribution is 8.00. The van der Waals surface area contributed by atoms with Crippen LogP contribution in [0.25, 0.3) is 10.9 Å². The van der Waals surface area contributed by atoms with Gasteiger partial charge in [-0.3, -0.25) is 9.59 Å². The molecule has 0 spiro atoms. The van der Waals surface area contributed by atoms with E-state index in [1.54, 1.807) is 6.07 Å². The van der Waals surface area contributed by atoms with Crippen LogP contribution in [0.4, 0.5) is 11.4 Å². The molecule has 0 bridgehead atoms. The number of aromatic amines is 1. The van der Waals surface area contributed by atoms with Gasteiger partial charge in [-0.1, -0.05) is 18.2 Å². The van der Waals surface area contributed by atoms with Gasteiger partial charge in [-0.2, -0.15) is 0 Å². The summed E-state index contributed by atoms with van der Waals surface area (Å²) in [7, 11) is 0. The van der Waals surface area contributed by atoms with E-state index in [4.69, 9.17) is 0 Å². The Balaban J connectivity index is 1.33. The molecular weight excluding hydrogens is 390 g/mol. The molecule has 2 aromatic heterocycles. The topological polar surface area (TPSA) is 74.0 Å². The van der Waals surface area contributed by atoms with E-state index in [9.17, 15) is 9.59 Å². The molecule has 3 N–H and O–H groups in total. The number of H-pyrrole nitrogens is 1. The van der Waals surface area contributed by atoms with Crippen LogP contribution in [0.5, 0.6) is 0 Å². The van der Waals surface area contributed by atoms with Crippen LogP contribution in [0, 0.1) is 0 Å². The minimum absolute atomic E-state index is 0.0797. The number of anilines is 2. The van der Waals surface area contributed by atoms with Crippen LogP contribution in [-0.4, -0.2) is 22.6 Å². The fraction of sp³-hybridized carbons (Fsp3) is 0.0476. The quantitative estimate of drug-likeness (QED) is 0.384. The molecule has 0 aliphatic carbocycles. The maximum atomic E-state index is 12.3. The Morgan fingerprint density at radius 1 is 0.964 bits per heavy atom. The Hall–Kier alpha value is -3.03. The fourth-order valence-corrected chi connectivity index (χ4v) is 4.11. The maximum absolute atomic E-state index is 12.3. The molecule has 5 nitrogen and oxygen atoms in total. The molecule has 2 heterocycles. The molecule has 140 valence electrons. The van der Waals surface area contributed by atoms with Crippen LogP contribution in [0.2, 0.25) is 0 Å². The van der Waals surface area contributed by atoms with Crippen molar-refractivity contribution in [1.29, 1.82) is 0 Å². The molecule has 0 aliphatic rings. The predicted octanol–water partition coefficient (Wildman–Crippen LogP) is 5.21. The van der Waals surface area contributed by atoms with E-state index >= 15 is 0 Å². The molecule has 0 saturated carbocycles. The standard InChI is InChI=1S/C21H17N3O2S2/c25-20(23-16-7-6-14-8-9-22-18(14)12-16)13-28-17-4-1-3-15(11-17)24-21(26)19-5-2-10-27-19/h1-12,22H,13H2,(H,23,25)(H,24,26). The molecule has 2 amide bonds. The van der Waals surface area contributed by atoms with Crippen molar-refractivity contribution in [3.63, 3.8) is 0 Å². The van der Waals surface area contributed by atoms with Crippen LogP contribution < -0.4 is 10.6 Å². The molecule has 4 rings (SSSR count). The maximum Gasteiger partial charge on any atom is 0.265 e. The number of thiophene rings is 1. The van der Waals surface area contributed by atoms with E-state index in [2.05, 4.69) is 15.6 Å². The second-order valence-electron chi connectivity index (χ2n) is 6.08. The Bertz CT molecular complexity index is 1120. The monoisotopic (exact) mass is 407 g/mol. The van der Waals surface area contributed by atoms with Gasteiger partial charge in [-0.05, 0) is 53.2 Å². The van der Waals surface area contributed by atoms with Gasteiger partial charge < -0.3 is 15.6 Å². The average molecular weight is 408 g/mol. The molecular formula is C21H17N3O2S2. The van der Waals surface area contributed by atoms with E-state index < -0.39 is 0 Å². The van der Waals surface area contributed by atoms with Crippen molar-refractivity contribution in [3.8, 4) is 0 Å². The van der Waals surface area contributed by atoms with Gasteiger partial charge in [0.2, 0.25) is 5.91 Å². The summed E-state index contributed by atoms with van der Waals surface area (Å²) in [5.74, 6) is 0.0731. The summed E-state index contributed by atoms with van der Waals surface area (Å²) < 4.78 is 0. The van der Waals surface area contributed by atoms with Crippen molar-refractivity contribution in [2.24, 2.45) is 0 Å². The second kappa shape index (κ2) is 8.33. The van der Waals surface area contributed by atoms with E-state index in [1.165, 1.54) is 23.1 Å². The minimum Gasteiger partial charge on any atom is -0.361 e. The smallest absolute Gasteiger partial charge is 0.265 e. The van der Waals surface area contributed by atoms with Crippen molar-refractivity contribution in [2.75, 3.05) is 16.4 Å². The van der Waals surface area contributed by atoms with Gasteiger partial charge >= 0.3 is 0 Å². The number of nitrogens with one attached hydrogen (secondary N) is 3. The summed E-state index contributed by atoms with van der Waals surface area (Å²) in [5, 5.41) is 8.77. The lowest BCUT2D eigenvalue weighted by Crippen LogP contribution is -2.14. The van der Waals surface area contributed by atoms with Gasteiger partial charge in [0, 0.05) is 28.0 Å². The van der Waals surface area contributed by atoms with Crippen molar-refractivity contribution < 1.29 is 9.59 Å². The Morgan fingerprint density at radius 2 is 1.86 bits per heavy atom. The molecule has 7 heteroatoms. The van der Waals surface area contributed by atoms with Gasteiger partial charge in [0.1, 0.15) is 0 Å². The molecule has 0 radical (unpaired) electrons. The molecule has 2 aromatic carbocycles. The Kier molecular flexibility index (Phi) is 5.45. The molecule has 0 saturated heterocycles. The van der Waals surface area contributed by atoms with Gasteiger partial charge in [0.15, 0.2) is 0 Å². The third-order valence-electron chi connectivity index (χ3n) is 4.05. The lowest BCUT2D eigenvalue weighted by Gasteiger charge is -2.08. The number of fused-ring (bicyclic) bond motifs is 1. The third kappa shape index (κ3) is 4.44. The summed E-state index contributed by atoms with van der Waals surface area (Å²) in [5.41, 5.74) is 2.46. The van der Waals surface area contributed by atoms with Crippen LogP contribution in [0.15, 0.2) is 77.1 Å². The summed E-state index contributed by atoms with van der Waals surface area (Å²) in [6, 6.07) is 18.9. The number of hydrogen-bond acceptors (Lipinski definition) is 4. The summed E-state index contributed by atoms with van der Waals surface area (Å²) in [6.45, 7) is 0. The molecule has 0 fully saturated rings. The first-order chi connectivity index (χ1) is 13.7. The number of benzene rings is 2. The molecule has 0 aliphatic heterocycles. The first kappa shape index (κ1) is 18.3. The number of hydrogen-bond donors (Lipinski definition) is 3. The summed E-state index contributed by atoms with van der Waals surface area (Å²) in [4.78, 5) is 29.1. The van der Waals surface area contributed by atoms with Gasteiger partial charge in [-0.25, -0.2) is 0 Å². The highest BCUT2D eigenvalue weighted by Gasteiger charge is 2.08. The summed E-state index contributed by atoms with van der Waals surface area (Å²) in [6.07, 6.45) is 1.87. The number of amides is 2. The van der Waals surface area contributed by atoms with Gasteiger partial charge in [-0.15, -0.1) is 23.1 Å². The van der Waals surface area contributed by atoms with Crippen LogP contribution in [0.1, 0.15) is 9.67 Å². The summed E-state index contributed by atoms with van der Waals surface area (Å²) >= 11 is 2.82. The largest absolute Gasteiger partial charge is 0.361 e. The number of carbonyl (C=O) groups is 2. The van der Waals surface area contributed by atoms with E-state index in [0.29, 0.717) is 10.6 Å². The van der Waals surface area contributed by atoms with Crippen molar-refractivity contribution in [1.82, 2.24) is 4.98 Å². The van der Waals surface area contributed by atoms with Crippen molar-refractivity contribution >= 4 is 57.2 Å². The molecule has 0 atom stereocenters. The lowest BCUT2D eigenvalue weighted by molar-refractivity contribution is -0.113. The zero-order valence-electron chi connectivity index (χ0n) is 14.8. The van der Waals surface area contributed by atoms with E-state index in [0.717, 1.165) is 21.5 Å². The fourth-order valence-electron chi connectivity index (χ4n) is 2.74. The Morgan fingerprint density at radius 3 is 2.71 bits per heavy atom. The zero-order valence-corrected chi connectivity index (χ0v) is 16.4. The average Bonchev–Trinajstić information content (AvgIpc) is 3.38. The molecule has 0 unspecified atom stereocenters. The van der Waals surface area contributed by atoms with E-state index in [1.807, 2.05) is 66.2 Å². The highest BCUT2D eigenvalue weighted by Crippen LogP contribution is 2.23. The van der Waals surface area contributed by atoms with Crippen LogP contribution in [-0.2, 0) is 4.79 Å². The lowest BCUT2D eigenvalue weighted by atomic mass is 10.2. The Labute approximate surface area is 170 Å². The predicted molar refractivity (Wildman–Crippen MR) is 116 cm³/mol. The first-order valence-corrected chi connectivity index (χ1v) is 10.5. The van der Waals surface area contributed by atoms with E-state index in [-0.39, 0.29) is 17.6 Å². The first-order valence-electron chi connectivity index (χ1n) is 8.62. The molecule has 4 aromatic rings. The third-order valence-corrected chi connectivity index (χ3v) is 5.91. The number of thioether (sulfide) groups is 1. The SMILES string of the molecule is O=C(CSc1cccc(NC(=O)c2cccs2)c1)Nc1ccc2cc[nH]c2c1. The van der Waals surface area contributed by atoms with Crippen LogP contribution >= 0.6 is 23.1 Å². The van der Waals surface area contributed by atoms with Crippen molar-refractivity contribution in [2.45, 2.75) is 4.90 Å². The number of rotatable bonds is 6. The number of carbonyl (C=O) groups excluding carboxylic acids is 2. The minimum atomic E-state index is -0.130. The van der Waals surface area contributed by atoms with Gasteiger partial charge in [0.25, 0.3) is 5.91 Å². The van der Waals surface area contributed by atoms with Gasteiger partial charge in [0.05, 0.1) is 10.6 Å². The zero-order chi connectivity index (χ0) is 19.3.